The van der Waals surface area contributed by atoms with Crippen LogP contribution in [0.2, 0.25) is 0 Å². The van der Waals surface area contributed by atoms with Gasteiger partial charge in [0.15, 0.2) is 23.0 Å². The predicted molar refractivity (Wildman–Crippen MR) is 90.4 cm³/mol. The summed E-state index contributed by atoms with van der Waals surface area (Å²) >= 11 is 0. The lowest BCUT2D eigenvalue weighted by Crippen LogP contribution is -1.99. The first-order valence-electron chi connectivity index (χ1n) is 7.05. The van der Waals surface area contributed by atoms with Crippen molar-refractivity contribution in [1.82, 2.24) is 0 Å². The fraction of sp³-hybridized carbons (Fsp3) is 0.222. The van der Waals surface area contributed by atoms with Crippen LogP contribution in [0.15, 0.2) is 42.6 Å². The molecule has 0 atom stereocenters. The summed E-state index contributed by atoms with van der Waals surface area (Å²) < 4.78 is 21.5. The molecule has 0 aliphatic rings. The van der Waals surface area contributed by atoms with Crippen molar-refractivity contribution in [3.63, 3.8) is 0 Å². The van der Waals surface area contributed by atoms with Crippen LogP contribution in [0.5, 0.6) is 23.0 Å². The van der Waals surface area contributed by atoms with Gasteiger partial charge in [-0.3, -0.25) is 0 Å². The zero-order chi connectivity index (χ0) is 16.8. The van der Waals surface area contributed by atoms with Gasteiger partial charge >= 0.3 is 0 Å². The lowest BCUT2D eigenvalue weighted by atomic mass is 9.97. The number of hydrogen-bond acceptors (Lipinski definition) is 5. The Morgan fingerprint density at radius 1 is 0.826 bits per heavy atom. The molecule has 122 valence electrons. The Kier molecular flexibility index (Phi) is 5.36. The maximum atomic E-state index is 5.88. The second-order valence-electron chi connectivity index (χ2n) is 4.69. The lowest BCUT2D eigenvalue weighted by molar-refractivity contribution is 0.354. The molecule has 23 heavy (non-hydrogen) atoms. The number of rotatable bonds is 6. The summed E-state index contributed by atoms with van der Waals surface area (Å²) in [4.78, 5) is 0. The third kappa shape index (κ3) is 3.18. The molecule has 5 heteroatoms. The van der Waals surface area contributed by atoms with Crippen LogP contribution in [-0.2, 0) is 0 Å². The van der Waals surface area contributed by atoms with E-state index in [0.29, 0.717) is 23.0 Å². The maximum absolute atomic E-state index is 5.88. The second-order valence-corrected chi connectivity index (χ2v) is 4.69. The van der Waals surface area contributed by atoms with Gasteiger partial charge in [0.2, 0.25) is 0 Å². The molecule has 0 saturated carbocycles. The molecule has 0 fully saturated rings. The Balaban J connectivity index is 2.58. The predicted octanol–water partition coefficient (Wildman–Crippen LogP) is 3.07. The normalized spacial score (nSPS) is 11.0. The first kappa shape index (κ1) is 16.5. The van der Waals surface area contributed by atoms with Gasteiger partial charge in [-0.15, -0.1) is 0 Å². The topological polar surface area (TPSA) is 62.9 Å². The van der Waals surface area contributed by atoms with E-state index in [1.165, 1.54) is 0 Å². The molecule has 0 aromatic heterocycles. The molecule has 2 rings (SSSR count). The lowest BCUT2D eigenvalue weighted by Gasteiger charge is -2.16. The summed E-state index contributed by atoms with van der Waals surface area (Å²) in [6.45, 7) is 0. The van der Waals surface area contributed by atoms with Crippen molar-refractivity contribution in [3.8, 4) is 23.0 Å². The van der Waals surface area contributed by atoms with Gasteiger partial charge in [-0.05, 0) is 23.8 Å². The van der Waals surface area contributed by atoms with Crippen LogP contribution < -0.4 is 24.7 Å². The fourth-order valence-electron chi connectivity index (χ4n) is 2.44. The van der Waals surface area contributed by atoms with Crippen molar-refractivity contribution in [1.29, 1.82) is 0 Å². The van der Waals surface area contributed by atoms with E-state index in [9.17, 15) is 0 Å². The van der Waals surface area contributed by atoms with Gasteiger partial charge in [0.05, 0.1) is 28.4 Å². The molecule has 0 aliphatic carbocycles. The largest absolute Gasteiger partial charge is 0.493 e. The molecule has 0 aliphatic heterocycles. The molecule has 0 heterocycles. The summed E-state index contributed by atoms with van der Waals surface area (Å²) in [5, 5.41) is 0. The van der Waals surface area contributed by atoms with Crippen LogP contribution in [0.1, 0.15) is 11.1 Å². The van der Waals surface area contributed by atoms with Crippen LogP contribution in [-0.4, -0.2) is 28.4 Å². The van der Waals surface area contributed by atoms with Crippen molar-refractivity contribution in [2.45, 2.75) is 0 Å². The standard InChI is InChI=1S/C18H21NO4/c1-20-15-9-8-12(10-17(15)22-3)14(11-19)13-6-5-7-16(21-2)18(13)23-4/h5-11H,19H2,1-4H3. The molecular weight excluding hydrogens is 294 g/mol. The summed E-state index contributed by atoms with van der Waals surface area (Å²) in [5.74, 6) is 2.56. The molecule has 0 spiro atoms. The fourth-order valence-corrected chi connectivity index (χ4v) is 2.44. The average Bonchev–Trinajstić information content (AvgIpc) is 2.61. The van der Waals surface area contributed by atoms with Crippen LogP contribution in [0.25, 0.3) is 5.57 Å². The van der Waals surface area contributed by atoms with E-state index >= 15 is 0 Å². The highest BCUT2D eigenvalue weighted by atomic mass is 16.5. The van der Waals surface area contributed by atoms with Crippen LogP contribution in [0, 0.1) is 0 Å². The van der Waals surface area contributed by atoms with E-state index < -0.39 is 0 Å². The number of para-hydroxylation sites is 1. The molecule has 0 radical (unpaired) electrons. The van der Waals surface area contributed by atoms with Crippen molar-refractivity contribution in [3.05, 3.63) is 53.7 Å². The van der Waals surface area contributed by atoms with Gasteiger partial charge in [0.25, 0.3) is 0 Å². The van der Waals surface area contributed by atoms with E-state index in [1.54, 1.807) is 34.6 Å². The van der Waals surface area contributed by atoms with Crippen molar-refractivity contribution >= 4 is 5.57 Å². The molecule has 0 bridgehead atoms. The van der Waals surface area contributed by atoms with Crippen molar-refractivity contribution in [2.24, 2.45) is 5.73 Å². The summed E-state index contributed by atoms with van der Waals surface area (Å²) in [5.41, 5.74) is 8.41. The Morgan fingerprint density at radius 2 is 1.52 bits per heavy atom. The van der Waals surface area contributed by atoms with Gasteiger partial charge in [-0.1, -0.05) is 18.2 Å². The number of methoxy groups -OCH3 is 4. The molecule has 2 aromatic rings. The monoisotopic (exact) mass is 315 g/mol. The van der Waals surface area contributed by atoms with Crippen LogP contribution in [0.3, 0.4) is 0 Å². The van der Waals surface area contributed by atoms with Gasteiger partial charge in [-0.25, -0.2) is 0 Å². The molecule has 0 saturated heterocycles. The molecule has 2 N–H and O–H groups in total. The highest BCUT2D eigenvalue weighted by Crippen LogP contribution is 2.39. The molecule has 0 unspecified atom stereocenters. The van der Waals surface area contributed by atoms with E-state index in [-0.39, 0.29) is 0 Å². The maximum Gasteiger partial charge on any atom is 0.168 e. The minimum absolute atomic E-state index is 0.626. The van der Waals surface area contributed by atoms with Crippen LogP contribution in [0.4, 0.5) is 0 Å². The summed E-state index contributed by atoms with van der Waals surface area (Å²) in [6.07, 6.45) is 1.54. The van der Waals surface area contributed by atoms with Gasteiger partial charge in [-0.2, -0.15) is 0 Å². The zero-order valence-electron chi connectivity index (χ0n) is 13.8. The number of hydrogen-bond donors (Lipinski definition) is 1. The highest BCUT2D eigenvalue weighted by Gasteiger charge is 2.16. The Labute approximate surface area is 136 Å². The Bertz CT molecular complexity index is 710. The molecular formula is C18H21NO4. The average molecular weight is 315 g/mol. The van der Waals surface area contributed by atoms with Crippen LogP contribution >= 0.6 is 0 Å². The third-order valence-corrected chi connectivity index (χ3v) is 3.55. The first-order valence-corrected chi connectivity index (χ1v) is 7.05. The molecule has 5 nitrogen and oxygen atoms in total. The van der Waals surface area contributed by atoms with Gasteiger partial charge < -0.3 is 24.7 Å². The number of ether oxygens (including phenoxy) is 4. The Morgan fingerprint density at radius 3 is 2.09 bits per heavy atom. The summed E-state index contributed by atoms with van der Waals surface area (Å²) in [7, 11) is 6.40. The van der Waals surface area contributed by atoms with E-state index in [4.69, 9.17) is 24.7 Å². The smallest absolute Gasteiger partial charge is 0.168 e. The number of nitrogens with two attached hydrogens (primary N) is 1. The zero-order valence-corrected chi connectivity index (χ0v) is 13.8. The van der Waals surface area contributed by atoms with Crippen molar-refractivity contribution < 1.29 is 18.9 Å². The highest BCUT2D eigenvalue weighted by molar-refractivity contribution is 5.84. The van der Waals surface area contributed by atoms with E-state index in [1.807, 2.05) is 36.4 Å². The summed E-state index contributed by atoms with van der Waals surface area (Å²) in [6, 6.07) is 11.3. The number of benzene rings is 2. The van der Waals surface area contributed by atoms with Gasteiger partial charge in [0, 0.05) is 17.3 Å². The minimum atomic E-state index is 0.626. The first-order chi connectivity index (χ1) is 11.2. The van der Waals surface area contributed by atoms with E-state index in [2.05, 4.69) is 0 Å². The quantitative estimate of drug-likeness (QED) is 0.887. The van der Waals surface area contributed by atoms with E-state index in [0.717, 1.165) is 16.7 Å². The van der Waals surface area contributed by atoms with Crippen molar-refractivity contribution in [2.75, 3.05) is 28.4 Å². The minimum Gasteiger partial charge on any atom is -0.493 e. The molecule has 0 amide bonds. The molecule has 2 aromatic carbocycles. The second kappa shape index (κ2) is 7.45. The Hall–Kier alpha value is -2.82. The van der Waals surface area contributed by atoms with Gasteiger partial charge in [0.1, 0.15) is 0 Å². The SMILES string of the molecule is COc1ccc(C(=CN)c2cccc(OC)c2OC)cc1OC. The third-order valence-electron chi connectivity index (χ3n) is 3.55.